The van der Waals surface area contributed by atoms with Crippen LogP contribution in [0.2, 0.25) is 0 Å². The molecule has 0 aromatic carbocycles. The Balaban J connectivity index is 1.50. The molecule has 0 saturated carbocycles. The number of hydrogen-bond donors (Lipinski definition) is 0. The fraction of sp³-hybridized carbons (Fsp3) is 0.444. The summed E-state index contributed by atoms with van der Waals surface area (Å²) in [4.78, 5) is 11.5. The molecule has 4 heterocycles. The Morgan fingerprint density at radius 1 is 1.04 bits per heavy atom. The van der Waals surface area contributed by atoms with Gasteiger partial charge in [-0.3, -0.25) is 9.67 Å². The maximum Gasteiger partial charge on any atom is 0.174 e. The molecular formula is C18H23N7. The van der Waals surface area contributed by atoms with Gasteiger partial charge in [0.1, 0.15) is 5.82 Å². The quantitative estimate of drug-likeness (QED) is 0.734. The largest absolute Gasteiger partial charge is 0.355 e. The Bertz CT molecular complexity index is 871. The third-order valence-electron chi connectivity index (χ3n) is 4.85. The fourth-order valence-electron chi connectivity index (χ4n) is 3.55. The first-order valence-electron chi connectivity index (χ1n) is 8.69. The van der Waals surface area contributed by atoms with E-state index in [2.05, 4.69) is 26.3 Å². The van der Waals surface area contributed by atoms with Crippen LogP contribution in [-0.4, -0.2) is 42.6 Å². The van der Waals surface area contributed by atoms with Gasteiger partial charge < -0.3 is 4.90 Å². The van der Waals surface area contributed by atoms with Gasteiger partial charge in [-0.1, -0.05) is 0 Å². The highest BCUT2D eigenvalue weighted by Crippen LogP contribution is 2.29. The van der Waals surface area contributed by atoms with Crippen LogP contribution in [0, 0.1) is 13.8 Å². The molecule has 0 radical (unpaired) electrons. The molecule has 7 nitrogen and oxygen atoms in total. The standard InChI is InChI=1S/C18H23N7/c1-13-8-14(2)25(22-13)18-11-19-10-17(21-18)24-6-4-15(5-7-24)16-9-20-23(3)12-16/h8-12,15H,4-7H2,1-3H3. The topological polar surface area (TPSA) is 64.7 Å². The Labute approximate surface area is 147 Å². The molecule has 0 amide bonds. The molecule has 0 N–H and O–H groups in total. The average molecular weight is 337 g/mol. The summed E-state index contributed by atoms with van der Waals surface area (Å²) in [5, 5.41) is 8.80. The lowest BCUT2D eigenvalue weighted by Gasteiger charge is -2.32. The summed E-state index contributed by atoms with van der Waals surface area (Å²) in [6.07, 6.45) is 9.95. The van der Waals surface area contributed by atoms with Gasteiger partial charge in [0.2, 0.25) is 0 Å². The summed E-state index contributed by atoms with van der Waals surface area (Å²) in [6.45, 7) is 5.99. The van der Waals surface area contributed by atoms with Crippen molar-refractivity contribution in [1.82, 2.24) is 29.5 Å². The van der Waals surface area contributed by atoms with Crippen molar-refractivity contribution in [2.45, 2.75) is 32.6 Å². The van der Waals surface area contributed by atoms with Crippen molar-refractivity contribution in [2.75, 3.05) is 18.0 Å². The number of rotatable bonds is 3. The first-order valence-corrected chi connectivity index (χ1v) is 8.69. The Morgan fingerprint density at radius 3 is 2.44 bits per heavy atom. The number of aromatic nitrogens is 6. The molecule has 1 fully saturated rings. The molecule has 0 unspecified atom stereocenters. The average Bonchev–Trinajstić information content (AvgIpc) is 3.20. The Hall–Kier alpha value is -2.70. The molecule has 1 aliphatic rings. The van der Waals surface area contributed by atoms with Crippen molar-refractivity contribution in [1.29, 1.82) is 0 Å². The number of aryl methyl sites for hydroxylation is 3. The maximum absolute atomic E-state index is 4.79. The molecule has 0 aliphatic carbocycles. The maximum atomic E-state index is 4.79. The summed E-state index contributed by atoms with van der Waals surface area (Å²) in [7, 11) is 1.97. The highest BCUT2D eigenvalue weighted by molar-refractivity contribution is 5.40. The molecule has 25 heavy (non-hydrogen) atoms. The lowest BCUT2D eigenvalue weighted by atomic mass is 9.91. The van der Waals surface area contributed by atoms with Crippen molar-refractivity contribution < 1.29 is 0 Å². The number of hydrogen-bond acceptors (Lipinski definition) is 5. The van der Waals surface area contributed by atoms with Crippen LogP contribution in [0.4, 0.5) is 5.82 Å². The van der Waals surface area contributed by atoms with E-state index in [4.69, 9.17) is 4.98 Å². The van der Waals surface area contributed by atoms with E-state index in [1.165, 1.54) is 5.56 Å². The monoisotopic (exact) mass is 337 g/mol. The molecule has 1 aliphatic heterocycles. The van der Waals surface area contributed by atoms with Crippen LogP contribution in [-0.2, 0) is 7.05 Å². The summed E-state index contributed by atoms with van der Waals surface area (Å²) in [5.74, 6) is 2.28. The summed E-state index contributed by atoms with van der Waals surface area (Å²) in [5.41, 5.74) is 3.39. The fourth-order valence-corrected chi connectivity index (χ4v) is 3.55. The molecule has 0 bridgehead atoms. The van der Waals surface area contributed by atoms with E-state index in [1.54, 1.807) is 6.20 Å². The molecule has 0 spiro atoms. The van der Waals surface area contributed by atoms with E-state index >= 15 is 0 Å². The first kappa shape index (κ1) is 15.8. The molecule has 0 atom stereocenters. The van der Waals surface area contributed by atoms with Gasteiger partial charge >= 0.3 is 0 Å². The Kier molecular flexibility index (Phi) is 3.99. The van der Waals surface area contributed by atoms with Gasteiger partial charge in [-0.25, -0.2) is 9.67 Å². The highest BCUT2D eigenvalue weighted by Gasteiger charge is 2.23. The molecule has 3 aromatic rings. The zero-order chi connectivity index (χ0) is 17.4. The minimum absolute atomic E-state index is 0.581. The molecular weight excluding hydrogens is 314 g/mol. The molecule has 7 heteroatoms. The van der Waals surface area contributed by atoms with Gasteiger partial charge in [0, 0.05) is 32.0 Å². The lowest BCUT2D eigenvalue weighted by molar-refractivity contribution is 0.501. The van der Waals surface area contributed by atoms with Crippen molar-refractivity contribution in [3.8, 4) is 5.82 Å². The van der Waals surface area contributed by atoms with Crippen molar-refractivity contribution in [2.24, 2.45) is 7.05 Å². The second-order valence-electron chi connectivity index (χ2n) is 6.78. The third kappa shape index (κ3) is 3.14. The zero-order valence-corrected chi connectivity index (χ0v) is 14.9. The zero-order valence-electron chi connectivity index (χ0n) is 14.9. The Morgan fingerprint density at radius 2 is 1.80 bits per heavy atom. The van der Waals surface area contributed by atoms with Crippen molar-refractivity contribution >= 4 is 5.82 Å². The summed E-state index contributed by atoms with van der Waals surface area (Å²) < 4.78 is 3.74. The van der Waals surface area contributed by atoms with E-state index in [0.717, 1.165) is 49.0 Å². The van der Waals surface area contributed by atoms with Gasteiger partial charge in [-0.15, -0.1) is 0 Å². The van der Waals surface area contributed by atoms with Gasteiger partial charge in [-0.2, -0.15) is 10.2 Å². The number of nitrogens with zero attached hydrogens (tertiary/aromatic N) is 7. The van der Waals surface area contributed by atoms with E-state index in [-0.39, 0.29) is 0 Å². The molecule has 130 valence electrons. The van der Waals surface area contributed by atoms with Crippen LogP contribution in [0.15, 0.2) is 30.9 Å². The SMILES string of the molecule is Cc1cc(C)n(-c2cncc(N3CCC(c4cnn(C)c4)CC3)n2)n1. The van der Waals surface area contributed by atoms with Crippen LogP contribution < -0.4 is 4.90 Å². The molecule has 1 saturated heterocycles. The predicted molar refractivity (Wildman–Crippen MR) is 96.0 cm³/mol. The van der Waals surface area contributed by atoms with E-state index in [9.17, 15) is 0 Å². The van der Waals surface area contributed by atoms with Crippen LogP contribution >= 0.6 is 0 Å². The number of anilines is 1. The minimum atomic E-state index is 0.581. The van der Waals surface area contributed by atoms with Crippen molar-refractivity contribution in [3.05, 3.63) is 47.8 Å². The number of piperidine rings is 1. The van der Waals surface area contributed by atoms with E-state index < -0.39 is 0 Å². The normalized spacial score (nSPS) is 15.7. The minimum Gasteiger partial charge on any atom is -0.355 e. The third-order valence-corrected chi connectivity index (χ3v) is 4.85. The second kappa shape index (κ2) is 6.31. The van der Waals surface area contributed by atoms with E-state index in [0.29, 0.717) is 5.92 Å². The van der Waals surface area contributed by atoms with Crippen LogP contribution in [0.3, 0.4) is 0 Å². The molecule has 4 rings (SSSR count). The van der Waals surface area contributed by atoms with Crippen molar-refractivity contribution in [3.63, 3.8) is 0 Å². The summed E-state index contributed by atoms with van der Waals surface area (Å²) in [6, 6.07) is 2.05. The molecule has 3 aromatic heterocycles. The van der Waals surface area contributed by atoms with Crippen LogP contribution in [0.1, 0.15) is 35.7 Å². The van der Waals surface area contributed by atoms with Gasteiger partial charge in [-0.05, 0) is 44.2 Å². The smallest absolute Gasteiger partial charge is 0.174 e. The van der Waals surface area contributed by atoms with Gasteiger partial charge in [0.05, 0.1) is 24.3 Å². The second-order valence-corrected chi connectivity index (χ2v) is 6.78. The van der Waals surface area contributed by atoms with Crippen LogP contribution in [0.5, 0.6) is 0 Å². The van der Waals surface area contributed by atoms with Gasteiger partial charge in [0.15, 0.2) is 5.82 Å². The highest BCUT2D eigenvalue weighted by atomic mass is 15.3. The summed E-state index contributed by atoms with van der Waals surface area (Å²) >= 11 is 0. The predicted octanol–water partition coefficient (Wildman–Crippen LogP) is 2.40. The van der Waals surface area contributed by atoms with Crippen LogP contribution in [0.25, 0.3) is 5.82 Å². The van der Waals surface area contributed by atoms with E-state index in [1.807, 2.05) is 48.7 Å². The van der Waals surface area contributed by atoms with Gasteiger partial charge in [0.25, 0.3) is 0 Å². The first-order chi connectivity index (χ1) is 12.1. The lowest BCUT2D eigenvalue weighted by Crippen LogP contribution is -2.33.